The summed E-state index contributed by atoms with van der Waals surface area (Å²) in [5.74, 6) is -2.84. The maximum Gasteiger partial charge on any atom is 0.264 e. The highest BCUT2D eigenvalue weighted by molar-refractivity contribution is 7.92. The molecule has 0 fully saturated rings. The molecular weight excluding hydrogens is 450 g/mol. The summed E-state index contributed by atoms with van der Waals surface area (Å²) in [5, 5.41) is 2.59. The molecule has 10 heteroatoms. The molecule has 1 N–H and O–H groups in total. The molecule has 1 amide bonds. The van der Waals surface area contributed by atoms with E-state index in [4.69, 9.17) is 16.3 Å². The number of hydrogen-bond donors (Lipinski definition) is 1. The summed E-state index contributed by atoms with van der Waals surface area (Å²) in [6, 6.07) is 14.6. The number of rotatable bonds is 7. The zero-order valence-electron chi connectivity index (χ0n) is 16.2. The molecule has 0 aliphatic carbocycles. The van der Waals surface area contributed by atoms with Gasteiger partial charge in [0.1, 0.15) is 12.3 Å². The minimum Gasteiger partial charge on any atom is -0.495 e. The van der Waals surface area contributed by atoms with E-state index < -0.39 is 34.1 Å². The quantitative estimate of drug-likeness (QED) is 0.557. The Bertz CT molecular complexity index is 1210. The molecule has 3 aromatic carbocycles. The number of carbonyl (C=O) groups excluding carboxylic acids is 1. The number of amides is 1. The summed E-state index contributed by atoms with van der Waals surface area (Å²) in [6.07, 6.45) is 0. The number of carbonyl (C=O) groups is 1. The Labute approximate surface area is 183 Å². The van der Waals surface area contributed by atoms with Gasteiger partial charge in [-0.15, -0.1) is 0 Å². The summed E-state index contributed by atoms with van der Waals surface area (Å²) in [7, 11) is -2.86. The predicted octanol–water partition coefficient (Wildman–Crippen LogP) is 4.46. The van der Waals surface area contributed by atoms with Crippen LogP contribution in [0.1, 0.15) is 0 Å². The van der Waals surface area contributed by atoms with Gasteiger partial charge in [0.05, 0.1) is 17.7 Å². The lowest BCUT2D eigenvalue weighted by atomic mass is 10.2. The summed E-state index contributed by atoms with van der Waals surface area (Å²) < 4.78 is 59.3. The molecule has 0 saturated heterocycles. The standard InChI is InChI=1S/C21H17ClF2N2O4S/c1-30-20-10-7-14(22)11-19(20)26(31(28,29)16-5-3-2-4-6-16)13-21(27)25-15-8-9-17(23)18(24)12-15/h2-12H,13H2,1H3,(H,25,27). The second kappa shape index (κ2) is 9.32. The van der Waals surface area contributed by atoms with Crippen LogP contribution in [-0.4, -0.2) is 28.0 Å². The second-order valence-electron chi connectivity index (χ2n) is 6.32. The van der Waals surface area contributed by atoms with Gasteiger partial charge < -0.3 is 10.1 Å². The van der Waals surface area contributed by atoms with Gasteiger partial charge in [0.2, 0.25) is 5.91 Å². The first-order chi connectivity index (χ1) is 14.7. The molecule has 0 aromatic heterocycles. The normalized spacial score (nSPS) is 11.1. The number of anilines is 2. The lowest BCUT2D eigenvalue weighted by Gasteiger charge is -2.26. The van der Waals surface area contributed by atoms with Gasteiger partial charge in [-0.3, -0.25) is 9.10 Å². The van der Waals surface area contributed by atoms with E-state index in [1.165, 1.54) is 37.4 Å². The number of nitrogens with zero attached hydrogens (tertiary/aromatic N) is 1. The average Bonchev–Trinajstić information content (AvgIpc) is 2.75. The fraction of sp³-hybridized carbons (Fsp3) is 0.0952. The molecule has 162 valence electrons. The van der Waals surface area contributed by atoms with Crippen molar-refractivity contribution in [3.63, 3.8) is 0 Å². The highest BCUT2D eigenvalue weighted by atomic mass is 35.5. The van der Waals surface area contributed by atoms with Crippen LogP contribution in [0.2, 0.25) is 5.02 Å². The van der Waals surface area contributed by atoms with Crippen molar-refractivity contribution < 1.29 is 26.7 Å². The van der Waals surface area contributed by atoms with Crippen LogP contribution < -0.4 is 14.4 Å². The lowest BCUT2D eigenvalue weighted by Crippen LogP contribution is -2.38. The minimum atomic E-state index is -4.21. The maximum absolute atomic E-state index is 13.4. The molecule has 0 aliphatic rings. The average molecular weight is 467 g/mol. The molecule has 6 nitrogen and oxygen atoms in total. The second-order valence-corrected chi connectivity index (χ2v) is 8.62. The summed E-state index contributed by atoms with van der Waals surface area (Å²) in [6.45, 7) is -0.674. The molecule has 0 spiro atoms. The van der Waals surface area contributed by atoms with Crippen molar-refractivity contribution in [2.75, 3.05) is 23.3 Å². The van der Waals surface area contributed by atoms with Crippen LogP contribution in [0.4, 0.5) is 20.2 Å². The Morgan fingerprint density at radius 2 is 1.74 bits per heavy atom. The maximum atomic E-state index is 13.4. The van der Waals surface area contributed by atoms with E-state index in [0.29, 0.717) is 0 Å². The van der Waals surface area contributed by atoms with Crippen molar-refractivity contribution in [2.45, 2.75) is 4.90 Å². The van der Waals surface area contributed by atoms with Crippen LogP contribution >= 0.6 is 11.6 Å². The molecule has 0 atom stereocenters. The van der Waals surface area contributed by atoms with E-state index in [1.807, 2.05) is 0 Å². The third-order valence-electron chi connectivity index (χ3n) is 4.23. The highest BCUT2D eigenvalue weighted by Crippen LogP contribution is 2.34. The first-order valence-electron chi connectivity index (χ1n) is 8.88. The van der Waals surface area contributed by atoms with Gasteiger partial charge in [-0.2, -0.15) is 0 Å². The monoisotopic (exact) mass is 466 g/mol. The van der Waals surface area contributed by atoms with Crippen LogP contribution in [0.5, 0.6) is 5.75 Å². The highest BCUT2D eigenvalue weighted by Gasteiger charge is 2.29. The van der Waals surface area contributed by atoms with Crippen molar-refractivity contribution in [2.24, 2.45) is 0 Å². The van der Waals surface area contributed by atoms with Crippen molar-refractivity contribution in [3.05, 3.63) is 83.4 Å². The topological polar surface area (TPSA) is 75.7 Å². The van der Waals surface area contributed by atoms with Crippen LogP contribution in [-0.2, 0) is 14.8 Å². The van der Waals surface area contributed by atoms with Crippen LogP contribution in [0.15, 0.2) is 71.6 Å². The number of methoxy groups -OCH3 is 1. The van der Waals surface area contributed by atoms with Gasteiger partial charge in [-0.1, -0.05) is 29.8 Å². The molecule has 0 radical (unpaired) electrons. The zero-order valence-corrected chi connectivity index (χ0v) is 17.8. The van der Waals surface area contributed by atoms with E-state index >= 15 is 0 Å². The number of benzene rings is 3. The van der Waals surface area contributed by atoms with E-state index in [9.17, 15) is 22.0 Å². The molecule has 0 heterocycles. The van der Waals surface area contributed by atoms with Crippen molar-refractivity contribution >= 4 is 38.9 Å². The van der Waals surface area contributed by atoms with E-state index in [1.54, 1.807) is 18.2 Å². The Morgan fingerprint density at radius 1 is 1.03 bits per heavy atom. The molecule has 3 aromatic rings. The molecule has 0 aliphatic heterocycles. The van der Waals surface area contributed by atoms with Crippen LogP contribution in [0.25, 0.3) is 0 Å². The molecule has 0 unspecified atom stereocenters. The number of hydrogen-bond acceptors (Lipinski definition) is 4. The fourth-order valence-corrected chi connectivity index (χ4v) is 4.39. The van der Waals surface area contributed by atoms with Crippen molar-refractivity contribution in [1.82, 2.24) is 0 Å². The zero-order chi connectivity index (χ0) is 22.6. The summed E-state index contributed by atoms with van der Waals surface area (Å²) in [5.41, 5.74) is 0.0123. The fourth-order valence-electron chi connectivity index (χ4n) is 2.78. The van der Waals surface area contributed by atoms with Gasteiger partial charge in [0, 0.05) is 16.8 Å². The smallest absolute Gasteiger partial charge is 0.264 e. The van der Waals surface area contributed by atoms with Crippen LogP contribution in [0.3, 0.4) is 0 Å². The van der Waals surface area contributed by atoms with Crippen LogP contribution in [0, 0.1) is 11.6 Å². The molecule has 3 rings (SSSR count). The van der Waals surface area contributed by atoms with Gasteiger partial charge in [0.25, 0.3) is 10.0 Å². The van der Waals surface area contributed by atoms with E-state index in [0.717, 1.165) is 22.5 Å². The summed E-state index contributed by atoms with van der Waals surface area (Å²) in [4.78, 5) is 12.6. The Balaban J connectivity index is 2.01. The Hall–Kier alpha value is -3.17. The van der Waals surface area contributed by atoms with Crippen molar-refractivity contribution in [3.8, 4) is 5.75 Å². The molecule has 0 bridgehead atoms. The minimum absolute atomic E-state index is 0.0287. The third-order valence-corrected chi connectivity index (χ3v) is 6.24. The molecule has 0 saturated carbocycles. The van der Waals surface area contributed by atoms with Gasteiger partial charge in [-0.25, -0.2) is 17.2 Å². The SMILES string of the molecule is COc1ccc(Cl)cc1N(CC(=O)Nc1ccc(F)c(F)c1)S(=O)(=O)c1ccccc1. The first-order valence-corrected chi connectivity index (χ1v) is 10.7. The predicted molar refractivity (Wildman–Crippen MR) is 114 cm³/mol. The Morgan fingerprint density at radius 3 is 2.39 bits per heavy atom. The van der Waals surface area contributed by atoms with Crippen molar-refractivity contribution in [1.29, 1.82) is 0 Å². The Kier molecular flexibility index (Phi) is 6.77. The lowest BCUT2D eigenvalue weighted by molar-refractivity contribution is -0.114. The van der Waals surface area contributed by atoms with Gasteiger partial charge in [0.15, 0.2) is 11.6 Å². The third kappa shape index (κ3) is 5.12. The van der Waals surface area contributed by atoms with Gasteiger partial charge in [-0.05, 0) is 42.5 Å². The van der Waals surface area contributed by atoms with E-state index in [2.05, 4.69) is 5.32 Å². The first kappa shape index (κ1) is 22.5. The number of nitrogens with one attached hydrogen (secondary N) is 1. The number of ether oxygens (including phenoxy) is 1. The summed E-state index contributed by atoms with van der Waals surface area (Å²) >= 11 is 6.06. The number of halogens is 3. The van der Waals surface area contributed by atoms with Gasteiger partial charge >= 0.3 is 0 Å². The molecular formula is C21H17ClF2N2O4S. The van der Waals surface area contributed by atoms with E-state index in [-0.39, 0.29) is 27.0 Å². The molecule has 31 heavy (non-hydrogen) atoms. The number of sulfonamides is 1. The largest absolute Gasteiger partial charge is 0.495 e.